The first-order chi connectivity index (χ1) is 14.1. The first-order valence-electron chi connectivity index (χ1n) is 10.2. The van der Waals surface area contributed by atoms with Gasteiger partial charge < -0.3 is 19.7 Å². The zero-order valence-corrected chi connectivity index (χ0v) is 17.3. The van der Waals surface area contributed by atoms with E-state index in [1.165, 1.54) is 0 Å². The van der Waals surface area contributed by atoms with Crippen molar-refractivity contribution < 1.29 is 4.79 Å². The van der Waals surface area contributed by atoms with Crippen molar-refractivity contribution >= 4 is 11.7 Å². The Hall–Kier alpha value is -3.21. The molecule has 150 valence electrons. The first kappa shape index (κ1) is 19.1. The van der Waals surface area contributed by atoms with Crippen LogP contribution in [0.3, 0.4) is 0 Å². The van der Waals surface area contributed by atoms with Crippen molar-refractivity contribution in [2.75, 3.05) is 25.5 Å². The molecule has 0 bridgehead atoms. The van der Waals surface area contributed by atoms with Gasteiger partial charge in [0, 0.05) is 38.2 Å². The van der Waals surface area contributed by atoms with Crippen LogP contribution in [0.25, 0.3) is 5.69 Å². The number of hydrogen-bond acceptors (Lipinski definition) is 2. The Morgan fingerprint density at radius 3 is 2.55 bits per heavy atom. The van der Waals surface area contributed by atoms with Crippen LogP contribution in [0, 0.1) is 0 Å². The number of benzene rings is 2. The number of nitrogens with one attached hydrogen (secondary N) is 1. The Bertz CT molecular complexity index is 990. The lowest BCUT2D eigenvalue weighted by Gasteiger charge is -2.31. The smallest absolute Gasteiger partial charge is 0.318 e. The quantitative estimate of drug-likeness (QED) is 0.711. The number of aromatic nitrogens is 1. The normalized spacial score (nSPS) is 15.3. The summed E-state index contributed by atoms with van der Waals surface area (Å²) in [6.07, 6.45) is 3.00. The predicted molar refractivity (Wildman–Crippen MR) is 118 cm³/mol. The van der Waals surface area contributed by atoms with E-state index < -0.39 is 0 Å². The molecule has 0 unspecified atom stereocenters. The maximum Gasteiger partial charge on any atom is 0.318 e. The van der Waals surface area contributed by atoms with Gasteiger partial charge in [-0.2, -0.15) is 0 Å². The molecule has 3 aromatic rings. The number of amides is 2. The van der Waals surface area contributed by atoms with Crippen molar-refractivity contribution in [1.82, 2.24) is 14.8 Å². The monoisotopic (exact) mass is 388 g/mol. The van der Waals surface area contributed by atoms with Crippen LogP contribution in [0.2, 0.25) is 0 Å². The SMILES string of the molecule is CCCNC(=O)N1Cc2ccccc2-n2cccc2[C@H]1c1ccc(N(C)C)cc1. The van der Waals surface area contributed by atoms with E-state index in [1.54, 1.807) is 0 Å². The van der Waals surface area contributed by atoms with E-state index in [4.69, 9.17) is 0 Å². The van der Waals surface area contributed by atoms with Crippen LogP contribution in [-0.4, -0.2) is 36.1 Å². The van der Waals surface area contributed by atoms with Gasteiger partial charge in [-0.05, 0) is 47.9 Å². The molecule has 2 amide bonds. The summed E-state index contributed by atoms with van der Waals surface area (Å²) in [4.78, 5) is 17.2. The molecule has 1 N–H and O–H groups in total. The molecule has 29 heavy (non-hydrogen) atoms. The van der Waals surface area contributed by atoms with Crippen LogP contribution in [0.5, 0.6) is 0 Å². The van der Waals surface area contributed by atoms with E-state index in [-0.39, 0.29) is 12.1 Å². The standard InChI is InChI=1S/C24H28N4O/c1-4-15-25-24(29)28-17-19-8-5-6-9-21(19)27-16-7-10-22(27)23(28)18-11-13-20(14-12-18)26(2)3/h5-14,16,23H,4,15,17H2,1-3H3,(H,25,29)/t23-/m1/s1. The van der Waals surface area contributed by atoms with Crippen molar-refractivity contribution in [3.63, 3.8) is 0 Å². The van der Waals surface area contributed by atoms with Crippen molar-refractivity contribution in [2.24, 2.45) is 0 Å². The first-order valence-corrected chi connectivity index (χ1v) is 10.2. The second-order valence-electron chi connectivity index (χ2n) is 7.68. The molecular weight excluding hydrogens is 360 g/mol. The lowest BCUT2D eigenvalue weighted by molar-refractivity contribution is 0.180. The van der Waals surface area contributed by atoms with Gasteiger partial charge in [-0.15, -0.1) is 0 Å². The average Bonchev–Trinajstić information content (AvgIpc) is 3.16. The van der Waals surface area contributed by atoms with Crippen LogP contribution in [0.1, 0.15) is 36.2 Å². The molecule has 0 spiro atoms. The molecule has 4 rings (SSSR count). The number of carbonyl (C=O) groups is 1. The molecule has 2 heterocycles. The zero-order chi connectivity index (χ0) is 20.4. The Kier molecular flexibility index (Phi) is 5.30. The molecule has 1 aromatic heterocycles. The minimum atomic E-state index is -0.162. The molecule has 1 atom stereocenters. The van der Waals surface area contributed by atoms with Gasteiger partial charge in [0.15, 0.2) is 0 Å². The molecule has 0 aliphatic carbocycles. The van der Waals surface area contributed by atoms with E-state index >= 15 is 0 Å². The number of para-hydroxylation sites is 1. The van der Waals surface area contributed by atoms with E-state index in [0.717, 1.165) is 34.6 Å². The van der Waals surface area contributed by atoms with E-state index in [9.17, 15) is 4.79 Å². The minimum Gasteiger partial charge on any atom is -0.378 e. The number of hydrogen-bond donors (Lipinski definition) is 1. The fourth-order valence-electron chi connectivity index (χ4n) is 3.98. The summed E-state index contributed by atoms with van der Waals surface area (Å²) in [5.74, 6) is 0. The average molecular weight is 389 g/mol. The highest BCUT2D eigenvalue weighted by atomic mass is 16.2. The number of anilines is 1. The second-order valence-corrected chi connectivity index (χ2v) is 7.68. The summed E-state index contributed by atoms with van der Waals surface area (Å²) in [7, 11) is 4.07. The van der Waals surface area contributed by atoms with Crippen molar-refractivity contribution in [2.45, 2.75) is 25.9 Å². The zero-order valence-electron chi connectivity index (χ0n) is 17.3. The van der Waals surface area contributed by atoms with Gasteiger partial charge in [-0.25, -0.2) is 4.79 Å². The van der Waals surface area contributed by atoms with Crippen molar-refractivity contribution in [3.05, 3.63) is 83.7 Å². The van der Waals surface area contributed by atoms with Gasteiger partial charge >= 0.3 is 6.03 Å². The van der Waals surface area contributed by atoms with Crippen molar-refractivity contribution in [1.29, 1.82) is 0 Å². The van der Waals surface area contributed by atoms with Crippen LogP contribution >= 0.6 is 0 Å². The topological polar surface area (TPSA) is 40.5 Å². The Balaban J connectivity index is 1.84. The summed E-state index contributed by atoms with van der Waals surface area (Å²) >= 11 is 0. The molecule has 0 saturated carbocycles. The molecule has 0 radical (unpaired) electrons. The number of rotatable bonds is 4. The Morgan fingerprint density at radius 2 is 1.83 bits per heavy atom. The molecule has 0 saturated heterocycles. The number of nitrogens with zero attached hydrogens (tertiary/aromatic N) is 3. The highest BCUT2D eigenvalue weighted by Crippen LogP contribution is 2.37. The maximum atomic E-state index is 13.2. The summed E-state index contributed by atoms with van der Waals surface area (Å²) in [6, 6.07) is 20.8. The van der Waals surface area contributed by atoms with Gasteiger partial charge in [0.25, 0.3) is 0 Å². The maximum absolute atomic E-state index is 13.2. The number of carbonyl (C=O) groups excluding carboxylic acids is 1. The molecule has 1 aliphatic heterocycles. The van der Waals surface area contributed by atoms with Crippen molar-refractivity contribution in [3.8, 4) is 5.69 Å². The van der Waals surface area contributed by atoms with Gasteiger partial charge in [0.2, 0.25) is 0 Å². The molecule has 0 fully saturated rings. The summed E-state index contributed by atoms with van der Waals surface area (Å²) in [5.41, 5.74) is 5.62. The fourth-order valence-corrected chi connectivity index (χ4v) is 3.98. The molecular formula is C24H28N4O. The molecule has 1 aliphatic rings. The third-order valence-electron chi connectivity index (χ3n) is 5.48. The van der Waals surface area contributed by atoms with Crippen LogP contribution < -0.4 is 10.2 Å². The van der Waals surface area contributed by atoms with Crippen LogP contribution in [0.15, 0.2) is 66.9 Å². The van der Waals surface area contributed by atoms with E-state index in [0.29, 0.717) is 13.1 Å². The fraction of sp³-hybridized carbons (Fsp3) is 0.292. The Labute approximate surface area is 172 Å². The number of fused-ring (bicyclic) bond motifs is 3. The van der Waals surface area contributed by atoms with Gasteiger partial charge in [-0.3, -0.25) is 0 Å². The molecule has 2 aromatic carbocycles. The third kappa shape index (κ3) is 3.60. The summed E-state index contributed by atoms with van der Waals surface area (Å²) in [5, 5.41) is 3.08. The predicted octanol–water partition coefficient (Wildman–Crippen LogP) is 4.57. The lowest BCUT2D eigenvalue weighted by atomic mass is 10.0. The van der Waals surface area contributed by atoms with Crippen LogP contribution in [0.4, 0.5) is 10.5 Å². The molecule has 5 nitrogen and oxygen atoms in total. The van der Waals surface area contributed by atoms with Gasteiger partial charge in [-0.1, -0.05) is 37.3 Å². The summed E-state index contributed by atoms with van der Waals surface area (Å²) < 4.78 is 2.22. The van der Waals surface area contributed by atoms with E-state index in [1.807, 2.05) is 25.1 Å². The summed E-state index contributed by atoms with van der Waals surface area (Å²) in [6.45, 7) is 3.30. The third-order valence-corrected chi connectivity index (χ3v) is 5.48. The Morgan fingerprint density at radius 1 is 1.07 bits per heavy atom. The van der Waals surface area contributed by atoms with Gasteiger partial charge in [0.1, 0.15) is 0 Å². The lowest BCUT2D eigenvalue weighted by Crippen LogP contribution is -2.42. The molecule has 5 heteroatoms. The van der Waals surface area contributed by atoms with Crippen LogP contribution in [-0.2, 0) is 6.54 Å². The highest BCUT2D eigenvalue weighted by Gasteiger charge is 2.32. The number of urea groups is 1. The highest BCUT2D eigenvalue weighted by molar-refractivity contribution is 5.76. The van der Waals surface area contributed by atoms with E-state index in [2.05, 4.69) is 82.5 Å². The minimum absolute atomic E-state index is 0.0296. The largest absolute Gasteiger partial charge is 0.378 e. The van der Waals surface area contributed by atoms with Gasteiger partial charge in [0.05, 0.1) is 18.3 Å². The second kappa shape index (κ2) is 8.03.